The summed E-state index contributed by atoms with van der Waals surface area (Å²) in [7, 11) is 0. The highest BCUT2D eigenvalue weighted by Crippen LogP contribution is 2.28. The van der Waals surface area contributed by atoms with Crippen molar-refractivity contribution in [2.75, 3.05) is 18.5 Å². The third-order valence-electron chi connectivity index (χ3n) is 3.82. The minimum Gasteiger partial charge on any atom is -0.379 e. The average Bonchev–Trinajstić information content (AvgIpc) is 2.98. The number of rotatable bonds is 4. The van der Waals surface area contributed by atoms with Crippen molar-refractivity contribution >= 4 is 17.4 Å². The van der Waals surface area contributed by atoms with Gasteiger partial charge in [-0.1, -0.05) is 0 Å². The van der Waals surface area contributed by atoms with Gasteiger partial charge in [-0.15, -0.1) is 0 Å². The smallest absolute Gasteiger partial charge is 0.254 e. The molecule has 0 saturated carbocycles. The van der Waals surface area contributed by atoms with Gasteiger partial charge in [0.05, 0.1) is 24.6 Å². The zero-order valence-corrected chi connectivity index (χ0v) is 12.6. The molecule has 1 saturated heterocycles. The Morgan fingerprint density at radius 2 is 2.42 bits per heavy atom. The number of anilines is 2. The van der Waals surface area contributed by atoms with E-state index in [1.54, 1.807) is 0 Å². The minimum atomic E-state index is -0.677. The molecule has 1 fully saturated rings. The Kier molecular flexibility index (Phi) is 4.39. The van der Waals surface area contributed by atoms with E-state index in [2.05, 4.69) is 21.5 Å². The molecule has 1 aliphatic rings. The molecule has 124 valence electrons. The lowest BCUT2D eigenvalue weighted by Crippen LogP contribution is -2.29. The number of nitriles is 1. The van der Waals surface area contributed by atoms with E-state index in [1.807, 2.05) is 0 Å². The van der Waals surface area contributed by atoms with E-state index in [9.17, 15) is 14.4 Å². The molecule has 3 N–H and O–H groups in total. The number of nitrogens with one attached hydrogen (secondary N) is 1. The number of halogens is 1. The molecule has 0 aliphatic carbocycles. The van der Waals surface area contributed by atoms with Crippen LogP contribution < -0.4 is 11.1 Å². The summed E-state index contributed by atoms with van der Waals surface area (Å²) in [4.78, 5) is 15.1. The Morgan fingerprint density at radius 1 is 1.58 bits per heavy atom. The van der Waals surface area contributed by atoms with Crippen molar-refractivity contribution < 1.29 is 13.9 Å². The lowest BCUT2D eigenvalue weighted by atomic mass is 9.97. The maximum absolute atomic E-state index is 13.2. The van der Waals surface area contributed by atoms with Gasteiger partial charge in [-0.2, -0.15) is 14.8 Å². The molecular formula is C15H15FN6O2. The fourth-order valence-electron chi connectivity index (χ4n) is 2.59. The largest absolute Gasteiger partial charge is 0.379 e. The summed E-state index contributed by atoms with van der Waals surface area (Å²) in [6.07, 6.45) is 3.36. The SMILES string of the molecule is N#C[C@@H]1CCOCC1n1cc(C(N)=O)c(Nc2ccnc(F)c2)n1. The number of aromatic nitrogens is 3. The number of carbonyl (C=O) groups is 1. The Labute approximate surface area is 137 Å². The molecule has 0 aromatic carbocycles. The molecule has 1 amide bonds. The number of hydrogen-bond acceptors (Lipinski definition) is 6. The highest BCUT2D eigenvalue weighted by molar-refractivity contribution is 5.98. The summed E-state index contributed by atoms with van der Waals surface area (Å²) < 4.78 is 20.1. The van der Waals surface area contributed by atoms with Gasteiger partial charge in [-0.25, -0.2) is 4.98 Å². The summed E-state index contributed by atoms with van der Waals surface area (Å²) in [5.74, 6) is -1.42. The van der Waals surface area contributed by atoms with Gasteiger partial charge in [0.25, 0.3) is 5.91 Å². The Morgan fingerprint density at radius 3 is 3.12 bits per heavy atom. The normalized spacial score (nSPS) is 20.3. The summed E-state index contributed by atoms with van der Waals surface area (Å²) >= 11 is 0. The number of primary amides is 1. The molecule has 0 radical (unpaired) electrons. The van der Waals surface area contributed by atoms with E-state index in [4.69, 9.17) is 10.5 Å². The fourth-order valence-corrected chi connectivity index (χ4v) is 2.59. The fraction of sp³-hybridized carbons (Fsp3) is 0.333. The first-order valence-corrected chi connectivity index (χ1v) is 7.33. The van der Waals surface area contributed by atoms with Crippen molar-refractivity contribution in [3.8, 4) is 6.07 Å². The van der Waals surface area contributed by atoms with Gasteiger partial charge in [0, 0.05) is 30.8 Å². The molecule has 1 aliphatic heterocycles. The van der Waals surface area contributed by atoms with E-state index in [-0.39, 0.29) is 23.3 Å². The van der Waals surface area contributed by atoms with Crippen molar-refractivity contribution in [2.45, 2.75) is 12.5 Å². The molecule has 24 heavy (non-hydrogen) atoms. The average molecular weight is 330 g/mol. The second-order valence-electron chi connectivity index (χ2n) is 5.39. The summed E-state index contributed by atoms with van der Waals surface area (Å²) in [6.45, 7) is 0.835. The van der Waals surface area contributed by atoms with Crippen LogP contribution in [-0.4, -0.2) is 33.9 Å². The Bertz CT molecular complexity index is 800. The second-order valence-corrected chi connectivity index (χ2v) is 5.39. The van der Waals surface area contributed by atoms with Crippen LogP contribution in [0.15, 0.2) is 24.5 Å². The highest BCUT2D eigenvalue weighted by atomic mass is 19.1. The number of nitrogens with zero attached hydrogens (tertiary/aromatic N) is 4. The molecular weight excluding hydrogens is 315 g/mol. The predicted molar refractivity (Wildman–Crippen MR) is 81.8 cm³/mol. The van der Waals surface area contributed by atoms with E-state index in [0.29, 0.717) is 25.3 Å². The van der Waals surface area contributed by atoms with Gasteiger partial charge in [-0.3, -0.25) is 9.48 Å². The lowest BCUT2D eigenvalue weighted by molar-refractivity contribution is 0.0342. The van der Waals surface area contributed by atoms with Crippen LogP contribution in [0.25, 0.3) is 0 Å². The molecule has 0 spiro atoms. The lowest BCUT2D eigenvalue weighted by Gasteiger charge is -2.26. The van der Waals surface area contributed by atoms with Crippen LogP contribution in [0.5, 0.6) is 0 Å². The molecule has 1 unspecified atom stereocenters. The van der Waals surface area contributed by atoms with Gasteiger partial charge < -0.3 is 15.8 Å². The monoisotopic (exact) mass is 330 g/mol. The molecule has 9 heteroatoms. The van der Waals surface area contributed by atoms with Crippen molar-refractivity contribution in [3.05, 3.63) is 36.0 Å². The van der Waals surface area contributed by atoms with Crippen molar-refractivity contribution in [2.24, 2.45) is 11.7 Å². The number of pyridine rings is 1. The van der Waals surface area contributed by atoms with Gasteiger partial charge in [0.15, 0.2) is 5.82 Å². The predicted octanol–water partition coefficient (Wildman–Crippen LogP) is 1.36. The summed E-state index contributed by atoms with van der Waals surface area (Å²) in [5.41, 5.74) is 5.92. The zero-order valence-electron chi connectivity index (χ0n) is 12.6. The van der Waals surface area contributed by atoms with Crippen LogP contribution in [0.4, 0.5) is 15.9 Å². The maximum Gasteiger partial charge on any atom is 0.254 e. The molecule has 2 atom stereocenters. The molecule has 8 nitrogen and oxygen atoms in total. The standard InChI is InChI=1S/C15H15FN6O2/c16-13-5-10(1-3-19-13)20-15-11(14(18)23)7-22(21-15)12-8-24-4-2-9(12)6-17/h1,3,5,7,9,12H,2,4,8H2,(H2,18,23)(H,19,20,21)/t9-,12?/m0/s1. The molecule has 2 aromatic heterocycles. The van der Waals surface area contributed by atoms with Crippen LogP contribution in [0.1, 0.15) is 22.8 Å². The maximum atomic E-state index is 13.2. The second kappa shape index (κ2) is 6.64. The Hall–Kier alpha value is -2.99. The molecule has 3 heterocycles. The number of ether oxygens (including phenoxy) is 1. The molecule has 0 bridgehead atoms. The number of carbonyl (C=O) groups excluding carboxylic acids is 1. The van der Waals surface area contributed by atoms with Gasteiger partial charge >= 0.3 is 0 Å². The van der Waals surface area contributed by atoms with E-state index in [1.165, 1.54) is 29.2 Å². The number of amides is 1. The van der Waals surface area contributed by atoms with Gasteiger partial charge in [0.2, 0.25) is 5.95 Å². The van der Waals surface area contributed by atoms with E-state index in [0.717, 1.165) is 0 Å². The Balaban J connectivity index is 1.93. The van der Waals surface area contributed by atoms with E-state index < -0.39 is 11.9 Å². The van der Waals surface area contributed by atoms with E-state index >= 15 is 0 Å². The van der Waals surface area contributed by atoms with Crippen molar-refractivity contribution in [1.29, 1.82) is 5.26 Å². The minimum absolute atomic E-state index is 0.148. The quantitative estimate of drug-likeness (QED) is 0.817. The summed E-state index contributed by atoms with van der Waals surface area (Å²) in [6, 6.07) is 4.63. The van der Waals surface area contributed by atoms with Crippen LogP contribution in [-0.2, 0) is 4.74 Å². The van der Waals surface area contributed by atoms with Gasteiger partial charge in [-0.05, 0) is 12.5 Å². The van der Waals surface area contributed by atoms with Crippen LogP contribution in [0.2, 0.25) is 0 Å². The number of nitrogens with two attached hydrogens (primary N) is 1. The van der Waals surface area contributed by atoms with Crippen LogP contribution in [0, 0.1) is 23.2 Å². The third-order valence-corrected chi connectivity index (χ3v) is 3.82. The van der Waals surface area contributed by atoms with Gasteiger partial charge in [0.1, 0.15) is 5.56 Å². The van der Waals surface area contributed by atoms with Crippen LogP contribution in [0.3, 0.4) is 0 Å². The zero-order chi connectivity index (χ0) is 17.1. The number of hydrogen-bond donors (Lipinski definition) is 2. The first-order valence-electron chi connectivity index (χ1n) is 7.33. The van der Waals surface area contributed by atoms with Crippen molar-refractivity contribution in [1.82, 2.24) is 14.8 Å². The first-order chi connectivity index (χ1) is 11.6. The molecule has 2 aromatic rings. The van der Waals surface area contributed by atoms with Crippen molar-refractivity contribution in [3.63, 3.8) is 0 Å². The van der Waals surface area contributed by atoms with Crippen LogP contribution >= 0.6 is 0 Å². The summed E-state index contributed by atoms with van der Waals surface area (Å²) in [5, 5.41) is 16.4. The highest BCUT2D eigenvalue weighted by Gasteiger charge is 2.29. The molecule has 3 rings (SSSR count). The topological polar surface area (TPSA) is 119 Å². The first kappa shape index (κ1) is 15.9. The third kappa shape index (κ3) is 3.18.